The summed E-state index contributed by atoms with van der Waals surface area (Å²) in [6.07, 6.45) is 8.94. The molecule has 0 fully saturated rings. The maximum absolute atomic E-state index is 5.50. The predicted octanol–water partition coefficient (Wildman–Crippen LogP) is 2.73. The quantitative estimate of drug-likeness (QED) is 0.580. The SMILES string of the molecule is C#Cc1ccc2nc(-c3ccncc3)nc(NCCOC)c2c1. The minimum absolute atomic E-state index is 0.588. The number of anilines is 1. The van der Waals surface area contributed by atoms with Crippen molar-refractivity contribution in [3.63, 3.8) is 0 Å². The van der Waals surface area contributed by atoms with Gasteiger partial charge in [-0.3, -0.25) is 4.98 Å². The van der Waals surface area contributed by atoms with Crippen LogP contribution < -0.4 is 5.32 Å². The summed E-state index contributed by atoms with van der Waals surface area (Å²) in [6, 6.07) is 9.48. The molecular formula is C18H16N4O. The minimum Gasteiger partial charge on any atom is -0.383 e. The highest BCUT2D eigenvalue weighted by Gasteiger charge is 2.09. The number of pyridine rings is 1. The largest absolute Gasteiger partial charge is 0.383 e. The zero-order valence-electron chi connectivity index (χ0n) is 12.8. The highest BCUT2D eigenvalue weighted by molar-refractivity contribution is 5.91. The van der Waals surface area contributed by atoms with E-state index in [9.17, 15) is 0 Å². The Kier molecular flexibility index (Phi) is 4.46. The Hall–Kier alpha value is -2.97. The van der Waals surface area contributed by atoms with E-state index in [2.05, 4.69) is 26.2 Å². The maximum atomic E-state index is 5.50. The number of rotatable bonds is 5. The topological polar surface area (TPSA) is 59.9 Å². The zero-order valence-corrected chi connectivity index (χ0v) is 12.8. The fourth-order valence-electron chi connectivity index (χ4n) is 2.25. The molecule has 3 rings (SSSR count). The summed E-state index contributed by atoms with van der Waals surface area (Å²) in [6.45, 7) is 1.24. The average Bonchev–Trinajstić information content (AvgIpc) is 2.62. The second-order valence-corrected chi connectivity index (χ2v) is 4.93. The second-order valence-electron chi connectivity index (χ2n) is 4.93. The molecule has 0 aliphatic heterocycles. The third-order valence-corrected chi connectivity index (χ3v) is 3.40. The van der Waals surface area contributed by atoms with Gasteiger partial charge in [0.2, 0.25) is 0 Å². The van der Waals surface area contributed by atoms with E-state index >= 15 is 0 Å². The summed E-state index contributed by atoms with van der Waals surface area (Å²) in [5.74, 6) is 4.04. The molecule has 0 unspecified atom stereocenters. The van der Waals surface area contributed by atoms with Gasteiger partial charge < -0.3 is 10.1 Å². The molecule has 3 aromatic rings. The van der Waals surface area contributed by atoms with Gasteiger partial charge in [-0.25, -0.2) is 9.97 Å². The van der Waals surface area contributed by atoms with Gasteiger partial charge in [0.15, 0.2) is 5.82 Å². The van der Waals surface area contributed by atoms with Crippen LogP contribution in [0.1, 0.15) is 5.56 Å². The van der Waals surface area contributed by atoms with Crippen LogP contribution in [0, 0.1) is 12.3 Å². The van der Waals surface area contributed by atoms with Gasteiger partial charge in [0.05, 0.1) is 12.1 Å². The van der Waals surface area contributed by atoms with E-state index in [4.69, 9.17) is 11.2 Å². The number of benzene rings is 1. The van der Waals surface area contributed by atoms with Gasteiger partial charge in [-0.15, -0.1) is 6.42 Å². The van der Waals surface area contributed by atoms with E-state index in [1.165, 1.54) is 0 Å². The van der Waals surface area contributed by atoms with Crippen LogP contribution in [0.5, 0.6) is 0 Å². The lowest BCUT2D eigenvalue weighted by Gasteiger charge is -2.11. The van der Waals surface area contributed by atoms with E-state index in [1.807, 2.05) is 30.3 Å². The van der Waals surface area contributed by atoms with Crippen molar-refractivity contribution in [1.29, 1.82) is 0 Å². The number of fused-ring (bicyclic) bond motifs is 1. The first-order valence-electron chi connectivity index (χ1n) is 7.23. The molecule has 2 aromatic heterocycles. The van der Waals surface area contributed by atoms with Crippen molar-refractivity contribution in [3.8, 4) is 23.7 Å². The number of aromatic nitrogens is 3. The molecular weight excluding hydrogens is 288 g/mol. The van der Waals surface area contributed by atoms with E-state index in [0.717, 1.165) is 27.8 Å². The van der Waals surface area contributed by atoms with E-state index < -0.39 is 0 Å². The highest BCUT2D eigenvalue weighted by Crippen LogP contribution is 2.25. The van der Waals surface area contributed by atoms with Crippen LogP contribution in [0.3, 0.4) is 0 Å². The second kappa shape index (κ2) is 6.86. The smallest absolute Gasteiger partial charge is 0.162 e. The normalized spacial score (nSPS) is 10.4. The number of ether oxygens (including phenoxy) is 1. The van der Waals surface area contributed by atoms with E-state index in [0.29, 0.717) is 19.0 Å². The lowest BCUT2D eigenvalue weighted by molar-refractivity contribution is 0.210. The number of terminal acetylenes is 1. The molecule has 0 radical (unpaired) electrons. The van der Waals surface area contributed by atoms with Crippen LogP contribution in [0.25, 0.3) is 22.3 Å². The van der Waals surface area contributed by atoms with Gasteiger partial charge in [0.25, 0.3) is 0 Å². The van der Waals surface area contributed by atoms with Gasteiger partial charge in [-0.1, -0.05) is 5.92 Å². The van der Waals surface area contributed by atoms with Crippen molar-refractivity contribution in [1.82, 2.24) is 15.0 Å². The molecule has 5 nitrogen and oxygen atoms in total. The molecule has 0 spiro atoms. The van der Waals surface area contributed by atoms with E-state index in [-0.39, 0.29) is 0 Å². The Morgan fingerprint density at radius 1 is 1.17 bits per heavy atom. The molecule has 114 valence electrons. The Morgan fingerprint density at radius 3 is 2.74 bits per heavy atom. The number of methoxy groups -OCH3 is 1. The van der Waals surface area contributed by atoms with Crippen LogP contribution in [-0.4, -0.2) is 35.2 Å². The lowest BCUT2D eigenvalue weighted by atomic mass is 10.1. The monoisotopic (exact) mass is 304 g/mol. The van der Waals surface area contributed by atoms with Gasteiger partial charge in [-0.2, -0.15) is 0 Å². The summed E-state index contributed by atoms with van der Waals surface area (Å²) < 4.78 is 5.09. The van der Waals surface area contributed by atoms with Crippen molar-refractivity contribution in [3.05, 3.63) is 48.3 Å². The molecule has 0 aliphatic carbocycles. The fraction of sp³-hybridized carbons (Fsp3) is 0.167. The maximum Gasteiger partial charge on any atom is 0.162 e. The van der Waals surface area contributed by atoms with Crippen LogP contribution in [0.15, 0.2) is 42.7 Å². The first kappa shape index (κ1) is 14.9. The lowest BCUT2D eigenvalue weighted by Crippen LogP contribution is -2.10. The van der Waals surface area contributed by atoms with Crippen molar-refractivity contribution in [2.75, 3.05) is 25.6 Å². The highest BCUT2D eigenvalue weighted by atomic mass is 16.5. The summed E-state index contributed by atoms with van der Waals surface area (Å²) in [5, 5.41) is 4.19. The average molecular weight is 304 g/mol. The van der Waals surface area contributed by atoms with Crippen molar-refractivity contribution >= 4 is 16.7 Å². The zero-order chi connectivity index (χ0) is 16.1. The Morgan fingerprint density at radius 2 is 2.00 bits per heavy atom. The third kappa shape index (κ3) is 3.28. The third-order valence-electron chi connectivity index (χ3n) is 3.40. The molecule has 0 saturated carbocycles. The summed E-state index contributed by atoms with van der Waals surface area (Å²) >= 11 is 0. The van der Waals surface area contributed by atoms with Crippen LogP contribution in [-0.2, 0) is 4.74 Å². The standard InChI is InChI=1S/C18H16N4O/c1-3-13-4-5-16-15(12-13)18(20-10-11-23-2)22-17(21-16)14-6-8-19-9-7-14/h1,4-9,12H,10-11H2,2H3,(H,20,21,22). The van der Waals surface area contributed by atoms with Gasteiger partial charge in [-0.05, 0) is 30.3 Å². The predicted molar refractivity (Wildman–Crippen MR) is 91.1 cm³/mol. The first-order valence-corrected chi connectivity index (χ1v) is 7.23. The van der Waals surface area contributed by atoms with E-state index in [1.54, 1.807) is 19.5 Å². The fourth-order valence-corrected chi connectivity index (χ4v) is 2.25. The first-order chi connectivity index (χ1) is 11.3. The van der Waals surface area contributed by atoms with Gasteiger partial charge >= 0.3 is 0 Å². The molecule has 1 N–H and O–H groups in total. The number of hydrogen-bond acceptors (Lipinski definition) is 5. The molecule has 2 heterocycles. The molecule has 0 aliphatic rings. The number of nitrogens with one attached hydrogen (secondary N) is 1. The number of hydrogen-bond donors (Lipinski definition) is 1. The van der Waals surface area contributed by atoms with Crippen LogP contribution >= 0.6 is 0 Å². The molecule has 0 bridgehead atoms. The molecule has 1 aromatic carbocycles. The Bertz CT molecular complexity index is 856. The Balaban J connectivity index is 2.12. The Labute approximate surface area is 134 Å². The molecule has 23 heavy (non-hydrogen) atoms. The van der Waals surface area contributed by atoms with Gasteiger partial charge in [0, 0.05) is 42.6 Å². The molecule has 0 saturated heterocycles. The summed E-state index contributed by atoms with van der Waals surface area (Å²) in [4.78, 5) is 13.3. The summed E-state index contributed by atoms with van der Waals surface area (Å²) in [7, 11) is 1.67. The van der Waals surface area contributed by atoms with Crippen molar-refractivity contribution in [2.24, 2.45) is 0 Å². The minimum atomic E-state index is 0.588. The van der Waals surface area contributed by atoms with Crippen LogP contribution in [0.2, 0.25) is 0 Å². The van der Waals surface area contributed by atoms with Gasteiger partial charge in [0.1, 0.15) is 5.82 Å². The number of nitrogens with zero attached hydrogens (tertiary/aromatic N) is 3. The van der Waals surface area contributed by atoms with Crippen molar-refractivity contribution < 1.29 is 4.74 Å². The summed E-state index contributed by atoms with van der Waals surface area (Å²) in [5.41, 5.74) is 2.55. The molecule has 0 amide bonds. The van der Waals surface area contributed by atoms with Crippen LogP contribution in [0.4, 0.5) is 5.82 Å². The van der Waals surface area contributed by atoms with Crippen molar-refractivity contribution in [2.45, 2.75) is 0 Å². The molecule has 5 heteroatoms. The molecule has 0 atom stereocenters.